The third-order valence-electron chi connectivity index (χ3n) is 3.56. The van der Waals surface area contributed by atoms with Crippen LogP contribution in [0.3, 0.4) is 0 Å². The second kappa shape index (κ2) is 6.91. The highest BCUT2D eigenvalue weighted by molar-refractivity contribution is 6.00. The number of carbonyl (C=O) groups is 3. The first-order chi connectivity index (χ1) is 12.1. The van der Waals surface area contributed by atoms with Crippen molar-refractivity contribution < 1.29 is 23.2 Å². The molecule has 8 heteroatoms. The molecule has 0 aliphatic heterocycles. The fraction of sp³-hybridized carbons (Fsp3) is 0.118. The van der Waals surface area contributed by atoms with Gasteiger partial charge in [0.1, 0.15) is 11.8 Å². The minimum absolute atomic E-state index is 0.115. The number of amides is 3. The fourth-order valence-electron chi connectivity index (χ4n) is 2.27. The van der Waals surface area contributed by atoms with E-state index in [1.165, 1.54) is 18.6 Å². The van der Waals surface area contributed by atoms with Crippen LogP contribution in [-0.2, 0) is 4.79 Å². The number of rotatable bonds is 4. The Labute approximate surface area is 142 Å². The Balaban J connectivity index is 1.53. The average Bonchev–Trinajstić information content (AvgIpc) is 3.26. The zero-order chi connectivity index (χ0) is 17.8. The van der Waals surface area contributed by atoms with Gasteiger partial charge in [-0.2, -0.15) is 0 Å². The number of fused-ring (bicyclic) bond motifs is 1. The molecule has 2 aromatic heterocycles. The normalized spacial score (nSPS) is 10.4. The Morgan fingerprint density at radius 2 is 1.84 bits per heavy atom. The van der Waals surface area contributed by atoms with Gasteiger partial charge in [-0.05, 0) is 19.1 Å². The van der Waals surface area contributed by atoms with Gasteiger partial charge in [-0.1, -0.05) is 18.2 Å². The standard InChI is InChI=1S/C17H15N3O5/c1-10-12-4-2-3-5-13(12)25-15(10)17(23)20-19-14(21)8-18-16(22)11-6-7-24-9-11/h2-7,9H,8H2,1H3,(H,18,22)(H,19,21)(H,20,23). The Morgan fingerprint density at radius 3 is 2.56 bits per heavy atom. The van der Waals surface area contributed by atoms with Crippen molar-refractivity contribution in [3.8, 4) is 0 Å². The molecule has 0 atom stereocenters. The van der Waals surface area contributed by atoms with E-state index in [4.69, 9.17) is 8.83 Å². The van der Waals surface area contributed by atoms with Crippen LogP contribution in [0.4, 0.5) is 0 Å². The maximum atomic E-state index is 12.1. The van der Waals surface area contributed by atoms with Crippen LogP contribution in [-0.4, -0.2) is 24.3 Å². The summed E-state index contributed by atoms with van der Waals surface area (Å²) in [6.07, 6.45) is 2.62. The molecule has 0 radical (unpaired) electrons. The van der Waals surface area contributed by atoms with Gasteiger partial charge in [0.2, 0.25) is 0 Å². The van der Waals surface area contributed by atoms with Gasteiger partial charge in [0.05, 0.1) is 18.4 Å². The molecular weight excluding hydrogens is 326 g/mol. The highest BCUT2D eigenvalue weighted by Gasteiger charge is 2.18. The van der Waals surface area contributed by atoms with Gasteiger partial charge in [0.25, 0.3) is 11.8 Å². The molecular formula is C17H15N3O5. The van der Waals surface area contributed by atoms with Crippen molar-refractivity contribution in [2.75, 3.05) is 6.54 Å². The number of carbonyl (C=O) groups excluding carboxylic acids is 3. The first-order valence-electron chi connectivity index (χ1n) is 7.44. The SMILES string of the molecule is Cc1c(C(=O)NNC(=O)CNC(=O)c2ccoc2)oc2ccccc12. The molecule has 0 spiro atoms. The summed E-state index contributed by atoms with van der Waals surface area (Å²) < 4.78 is 10.3. The second-order valence-corrected chi connectivity index (χ2v) is 5.25. The maximum absolute atomic E-state index is 12.1. The van der Waals surface area contributed by atoms with Crippen molar-refractivity contribution in [1.29, 1.82) is 0 Å². The van der Waals surface area contributed by atoms with Crippen molar-refractivity contribution in [2.45, 2.75) is 6.92 Å². The number of hydrazine groups is 1. The molecule has 128 valence electrons. The lowest BCUT2D eigenvalue weighted by Crippen LogP contribution is -2.46. The van der Waals surface area contributed by atoms with E-state index in [0.717, 1.165) is 5.39 Å². The monoisotopic (exact) mass is 341 g/mol. The van der Waals surface area contributed by atoms with Crippen molar-refractivity contribution in [3.05, 3.63) is 59.7 Å². The molecule has 1 aromatic carbocycles. The summed E-state index contributed by atoms with van der Waals surface area (Å²) in [7, 11) is 0. The van der Waals surface area contributed by atoms with Crippen LogP contribution in [0.5, 0.6) is 0 Å². The van der Waals surface area contributed by atoms with E-state index in [1.54, 1.807) is 19.1 Å². The molecule has 2 heterocycles. The third-order valence-corrected chi connectivity index (χ3v) is 3.56. The largest absolute Gasteiger partial charge is 0.472 e. The fourth-order valence-corrected chi connectivity index (χ4v) is 2.27. The van der Waals surface area contributed by atoms with Gasteiger partial charge >= 0.3 is 5.91 Å². The van der Waals surface area contributed by atoms with E-state index in [9.17, 15) is 14.4 Å². The first kappa shape index (κ1) is 16.3. The zero-order valence-corrected chi connectivity index (χ0v) is 13.3. The number of furan rings is 2. The number of para-hydroxylation sites is 1. The molecule has 3 aromatic rings. The Morgan fingerprint density at radius 1 is 1.04 bits per heavy atom. The lowest BCUT2D eigenvalue weighted by molar-refractivity contribution is -0.120. The van der Waals surface area contributed by atoms with E-state index in [2.05, 4.69) is 16.2 Å². The van der Waals surface area contributed by atoms with E-state index in [0.29, 0.717) is 16.7 Å². The topological polar surface area (TPSA) is 114 Å². The first-order valence-corrected chi connectivity index (χ1v) is 7.44. The quantitative estimate of drug-likeness (QED) is 0.623. The smallest absolute Gasteiger partial charge is 0.305 e. The van der Waals surface area contributed by atoms with Gasteiger partial charge in [-0.3, -0.25) is 25.2 Å². The van der Waals surface area contributed by atoms with Gasteiger partial charge in [0.15, 0.2) is 5.76 Å². The molecule has 0 unspecified atom stereocenters. The Hall–Kier alpha value is -3.55. The molecule has 3 rings (SSSR count). The van der Waals surface area contributed by atoms with Crippen LogP contribution < -0.4 is 16.2 Å². The van der Waals surface area contributed by atoms with E-state index < -0.39 is 17.7 Å². The van der Waals surface area contributed by atoms with E-state index >= 15 is 0 Å². The number of benzene rings is 1. The van der Waals surface area contributed by atoms with Crippen LogP contribution in [0.2, 0.25) is 0 Å². The van der Waals surface area contributed by atoms with Crippen LogP contribution in [0, 0.1) is 6.92 Å². The summed E-state index contributed by atoms with van der Waals surface area (Å²) in [6.45, 7) is 1.46. The molecule has 0 saturated carbocycles. The summed E-state index contributed by atoms with van der Waals surface area (Å²) in [4.78, 5) is 35.5. The summed E-state index contributed by atoms with van der Waals surface area (Å²) in [5.41, 5.74) is 6.04. The Kier molecular flexibility index (Phi) is 4.51. The van der Waals surface area contributed by atoms with Gasteiger partial charge in [-0.25, -0.2) is 0 Å². The molecule has 0 aliphatic carbocycles. The predicted octanol–water partition coefficient (Wildman–Crippen LogP) is 1.53. The number of aryl methyl sites for hydroxylation is 1. The molecule has 3 amide bonds. The molecule has 0 fully saturated rings. The highest BCUT2D eigenvalue weighted by atomic mass is 16.3. The zero-order valence-electron chi connectivity index (χ0n) is 13.3. The number of hydrogen-bond acceptors (Lipinski definition) is 5. The highest BCUT2D eigenvalue weighted by Crippen LogP contribution is 2.24. The lowest BCUT2D eigenvalue weighted by Gasteiger charge is -2.07. The second-order valence-electron chi connectivity index (χ2n) is 5.25. The van der Waals surface area contributed by atoms with Crippen molar-refractivity contribution in [2.24, 2.45) is 0 Å². The van der Waals surface area contributed by atoms with Gasteiger partial charge < -0.3 is 14.2 Å². The van der Waals surface area contributed by atoms with Crippen LogP contribution in [0.15, 0.2) is 51.7 Å². The Bertz CT molecular complexity index is 927. The van der Waals surface area contributed by atoms with Crippen molar-refractivity contribution >= 4 is 28.7 Å². The third kappa shape index (κ3) is 3.52. The van der Waals surface area contributed by atoms with Crippen LogP contribution >= 0.6 is 0 Å². The van der Waals surface area contributed by atoms with Crippen molar-refractivity contribution in [1.82, 2.24) is 16.2 Å². The number of nitrogens with one attached hydrogen (secondary N) is 3. The lowest BCUT2D eigenvalue weighted by atomic mass is 10.1. The summed E-state index contributed by atoms with van der Waals surface area (Å²) >= 11 is 0. The minimum atomic E-state index is -0.584. The predicted molar refractivity (Wildman–Crippen MR) is 87.6 cm³/mol. The maximum Gasteiger partial charge on any atom is 0.305 e. The molecule has 0 aliphatic rings. The summed E-state index contributed by atoms with van der Waals surface area (Å²) in [5, 5.41) is 3.22. The van der Waals surface area contributed by atoms with Crippen molar-refractivity contribution in [3.63, 3.8) is 0 Å². The number of hydrogen-bond donors (Lipinski definition) is 3. The summed E-state index contributed by atoms with van der Waals surface area (Å²) in [5.74, 6) is -1.51. The molecule has 0 saturated heterocycles. The minimum Gasteiger partial charge on any atom is -0.472 e. The summed E-state index contributed by atoms with van der Waals surface area (Å²) in [6, 6.07) is 8.71. The molecule has 0 bridgehead atoms. The van der Waals surface area contributed by atoms with E-state index in [1.807, 2.05) is 12.1 Å². The van der Waals surface area contributed by atoms with Gasteiger partial charge in [0, 0.05) is 10.9 Å². The van der Waals surface area contributed by atoms with Crippen LogP contribution in [0.25, 0.3) is 11.0 Å². The molecule has 3 N–H and O–H groups in total. The molecule has 8 nitrogen and oxygen atoms in total. The van der Waals surface area contributed by atoms with Gasteiger partial charge in [-0.15, -0.1) is 0 Å². The van der Waals surface area contributed by atoms with E-state index in [-0.39, 0.29) is 12.3 Å². The van der Waals surface area contributed by atoms with Crippen LogP contribution in [0.1, 0.15) is 26.5 Å². The average molecular weight is 341 g/mol. The molecule has 25 heavy (non-hydrogen) atoms.